The highest BCUT2D eigenvalue weighted by Crippen LogP contribution is 2.72. The Hall–Kier alpha value is -1.92. The van der Waals surface area contributed by atoms with E-state index >= 15 is 0 Å². The molecule has 37 heavy (non-hydrogen) atoms. The topological polar surface area (TPSA) is 104 Å². The van der Waals surface area contributed by atoms with Crippen molar-refractivity contribution < 1.29 is 29.6 Å². The first-order chi connectivity index (χ1) is 17.2. The zero-order valence-electron chi connectivity index (χ0n) is 23.6. The molecular formula is C31H46O6. The zero-order chi connectivity index (χ0) is 27.5. The molecule has 0 aromatic carbocycles. The summed E-state index contributed by atoms with van der Waals surface area (Å²) in [5, 5.41) is 32.7. The summed E-state index contributed by atoms with van der Waals surface area (Å²) in [7, 11) is 0. The number of aliphatic carboxylic acids is 1. The Morgan fingerprint density at radius 3 is 2.38 bits per heavy atom. The van der Waals surface area contributed by atoms with E-state index in [-0.39, 0.29) is 28.4 Å². The van der Waals surface area contributed by atoms with Gasteiger partial charge in [-0.15, -0.1) is 0 Å². The van der Waals surface area contributed by atoms with Crippen LogP contribution in [0.5, 0.6) is 0 Å². The number of aliphatic hydroxyl groups excluding tert-OH is 2. The number of hydrogen-bond acceptors (Lipinski definition) is 5. The number of hydrogen-bond donors (Lipinski definition) is 3. The van der Waals surface area contributed by atoms with Gasteiger partial charge in [0, 0.05) is 18.4 Å². The van der Waals surface area contributed by atoms with E-state index < -0.39 is 35.5 Å². The molecule has 0 radical (unpaired) electrons. The molecule has 0 spiro atoms. The molecule has 206 valence electrons. The Kier molecular flexibility index (Phi) is 7.35. The summed E-state index contributed by atoms with van der Waals surface area (Å²) in [6, 6.07) is 0. The second kappa shape index (κ2) is 9.68. The van der Waals surface area contributed by atoms with Crippen molar-refractivity contribution in [3.05, 3.63) is 34.4 Å². The van der Waals surface area contributed by atoms with Crippen LogP contribution in [0.3, 0.4) is 0 Å². The number of aliphatic hydroxyl groups is 2. The van der Waals surface area contributed by atoms with Crippen LogP contribution in [0.1, 0.15) is 93.4 Å². The molecule has 3 saturated carbocycles. The number of rotatable bonds is 5. The minimum Gasteiger partial charge on any atom is -0.478 e. The largest absolute Gasteiger partial charge is 0.478 e. The molecule has 3 fully saturated rings. The molecule has 0 amide bonds. The summed E-state index contributed by atoms with van der Waals surface area (Å²) >= 11 is 0. The van der Waals surface area contributed by atoms with Crippen molar-refractivity contribution in [2.24, 2.45) is 34.0 Å². The maximum absolute atomic E-state index is 12.6. The zero-order valence-corrected chi connectivity index (χ0v) is 23.6. The van der Waals surface area contributed by atoms with E-state index in [1.54, 1.807) is 0 Å². The van der Waals surface area contributed by atoms with Gasteiger partial charge in [0.15, 0.2) is 0 Å². The number of carboxylic acids is 1. The molecule has 3 N–H and O–H groups in total. The highest BCUT2D eigenvalue weighted by atomic mass is 16.5. The predicted molar refractivity (Wildman–Crippen MR) is 143 cm³/mol. The number of carbonyl (C=O) groups excluding carboxylic acids is 1. The van der Waals surface area contributed by atoms with Gasteiger partial charge in [0.25, 0.3) is 0 Å². The molecule has 4 rings (SSSR count). The van der Waals surface area contributed by atoms with Gasteiger partial charge < -0.3 is 20.1 Å². The van der Waals surface area contributed by atoms with E-state index in [4.69, 9.17) is 4.74 Å². The minimum absolute atomic E-state index is 0.136. The normalized spacial score (nSPS) is 44.1. The predicted octanol–water partition coefficient (Wildman–Crippen LogP) is 5.59. The fourth-order valence-electron chi connectivity index (χ4n) is 8.97. The Balaban J connectivity index is 1.87. The van der Waals surface area contributed by atoms with Gasteiger partial charge in [-0.1, -0.05) is 51.0 Å². The van der Waals surface area contributed by atoms with Crippen LogP contribution in [0.4, 0.5) is 0 Å². The summed E-state index contributed by atoms with van der Waals surface area (Å²) in [5.41, 5.74) is 2.35. The van der Waals surface area contributed by atoms with Gasteiger partial charge >= 0.3 is 11.9 Å². The van der Waals surface area contributed by atoms with E-state index in [2.05, 4.69) is 27.7 Å². The lowest BCUT2D eigenvalue weighted by Gasteiger charge is -2.64. The number of carboxylic acid groups (broad SMARTS) is 1. The second-order valence-corrected chi connectivity index (χ2v) is 13.2. The molecule has 0 aliphatic heterocycles. The molecule has 0 unspecified atom stereocenters. The highest BCUT2D eigenvalue weighted by molar-refractivity contribution is 5.88. The molecule has 4 aliphatic rings. The number of allylic oxidation sites excluding steroid dienone is 3. The molecule has 0 aromatic rings. The van der Waals surface area contributed by atoms with Gasteiger partial charge in [0.2, 0.25) is 0 Å². The first-order valence-corrected chi connectivity index (χ1v) is 14.0. The molecule has 0 heterocycles. The van der Waals surface area contributed by atoms with Gasteiger partial charge in [-0.05, 0) is 92.4 Å². The van der Waals surface area contributed by atoms with Crippen molar-refractivity contribution in [1.29, 1.82) is 0 Å². The fourth-order valence-corrected chi connectivity index (χ4v) is 8.97. The third-order valence-electron chi connectivity index (χ3n) is 11.0. The first kappa shape index (κ1) is 28.1. The van der Waals surface area contributed by atoms with E-state index in [9.17, 15) is 24.9 Å². The average molecular weight is 515 g/mol. The summed E-state index contributed by atoms with van der Waals surface area (Å²) in [6.07, 6.45) is 7.12. The number of ether oxygens (including phenoxy) is 1. The lowest BCUT2D eigenvalue weighted by atomic mass is 9.40. The molecule has 0 saturated heterocycles. The average Bonchev–Trinajstić information content (AvgIpc) is 3.08. The van der Waals surface area contributed by atoms with Crippen LogP contribution in [-0.4, -0.2) is 45.6 Å². The van der Waals surface area contributed by atoms with Crippen LogP contribution in [0.2, 0.25) is 0 Å². The minimum atomic E-state index is -1.00. The smallest absolute Gasteiger partial charge is 0.331 e. The summed E-state index contributed by atoms with van der Waals surface area (Å²) in [4.78, 5) is 24.8. The van der Waals surface area contributed by atoms with Gasteiger partial charge in [-0.25, -0.2) is 4.79 Å². The summed E-state index contributed by atoms with van der Waals surface area (Å²) < 4.78 is 5.83. The van der Waals surface area contributed by atoms with E-state index in [0.29, 0.717) is 30.8 Å². The van der Waals surface area contributed by atoms with Crippen LogP contribution < -0.4 is 0 Å². The Bertz CT molecular complexity index is 1050. The maximum Gasteiger partial charge on any atom is 0.331 e. The monoisotopic (exact) mass is 514 g/mol. The fraction of sp³-hybridized carbons (Fsp3) is 0.742. The van der Waals surface area contributed by atoms with Gasteiger partial charge in [0.1, 0.15) is 6.10 Å². The SMILES string of the molecule is CC(=O)O[C@H]1C[C@@]2(C)[C@@H](/C1=C(\CCC=C(C)C)C(=O)O)[C@@H](O)C=C1[C@]2(C)CC[C@@H]2[C@H](C)[C@H](O)CC[C@]12C. The lowest BCUT2D eigenvalue weighted by Crippen LogP contribution is -2.58. The lowest BCUT2D eigenvalue weighted by molar-refractivity contribution is -0.146. The van der Waals surface area contributed by atoms with E-state index in [0.717, 1.165) is 31.3 Å². The van der Waals surface area contributed by atoms with Crippen molar-refractivity contribution in [3.8, 4) is 0 Å². The third kappa shape index (κ3) is 4.32. The van der Waals surface area contributed by atoms with Crippen LogP contribution in [0.25, 0.3) is 0 Å². The van der Waals surface area contributed by atoms with Crippen LogP contribution in [0.15, 0.2) is 34.4 Å². The third-order valence-corrected chi connectivity index (χ3v) is 11.0. The molecule has 0 bridgehead atoms. The quantitative estimate of drug-likeness (QED) is 0.251. The van der Waals surface area contributed by atoms with Crippen molar-refractivity contribution in [2.75, 3.05) is 0 Å². The van der Waals surface area contributed by atoms with Crippen LogP contribution in [-0.2, 0) is 14.3 Å². The van der Waals surface area contributed by atoms with Crippen molar-refractivity contribution in [3.63, 3.8) is 0 Å². The second-order valence-electron chi connectivity index (χ2n) is 13.2. The first-order valence-electron chi connectivity index (χ1n) is 14.0. The number of fused-ring (bicyclic) bond motifs is 5. The molecule has 0 aromatic heterocycles. The molecule has 6 nitrogen and oxygen atoms in total. The van der Waals surface area contributed by atoms with Crippen molar-refractivity contribution in [1.82, 2.24) is 0 Å². The van der Waals surface area contributed by atoms with Crippen LogP contribution in [0, 0.1) is 34.0 Å². The van der Waals surface area contributed by atoms with Crippen molar-refractivity contribution >= 4 is 11.9 Å². The standard InChI is InChI=1S/C31H46O6/c1-17(2)9-8-10-20(28(35)36)26-24(37-19(4)32)16-31(7)27(26)23(34)15-25-29(5)13-12-22(33)18(3)21(29)11-14-30(25,31)6/h9,15,18,21-24,27,33-34H,8,10-14,16H2,1-7H3,(H,35,36)/b26-20+/t18-,21+,22+,23-,24-,27+,29-,30-,31-/m0/s1. The van der Waals surface area contributed by atoms with Gasteiger partial charge in [-0.2, -0.15) is 0 Å². The van der Waals surface area contributed by atoms with E-state index in [1.165, 1.54) is 12.5 Å². The molecule has 4 aliphatic carbocycles. The molecule has 9 atom stereocenters. The van der Waals surface area contributed by atoms with E-state index in [1.807, 2.05) is 26.0 Å². The Morgan fingerprint density at radius 1 is 1.11 bits per heavy atom. The molecular weight excluding hydrogens is 468 g/mol. The number of carbonyl (C=O) groups is 2. The highest BCUT2D eigenvalue weighted by Gasteiger charge is 2.68. The summed E-state index contributed by atoms with van der Waals surface area (Å²) in [5.74, 6) is -1.35. The Labute approximate surface area is 221 Å². The number of esters is 1. The summed E-state index contributed by atoms with van der Waals surface area (Å²) in [6.45, 7) is 14.3. The molecule has 6 heteroatoms. The maximum atomic E-state index is 12.6. The van der Waals surface area contributed by atoms with Gasteiger partial charge in [-0.3, -0.25) is 4.79 Å². The van der Waals surface area contributed by atoms with Crippen LogP contribution >= 0.6 is 0 Å². The van der Waals surface area contributed by atoms with Gasteiger partial charge in [0.05, 0.1) is 12.2 Å². The van der Waals surface area contributed by atoms with Crippen molar-refractivity contribution in [2.45, 2.75) is 112 Å². The Morgan fingerprint density at radius 2 is 1.78 bits per heavy atom.